The Morgan fingerprint density at radius 1 is 1.18 bits per heavy atom. The van der Waals surface area contributed by atoms with Crippen molar-refractivity contribution in [3.05, 3.63) is 70.8 Å². The molecule has 0 saturated heterocycles. The number of aromatic amines is 1. The molecule has 1 amide bonds. The van der Waals surface area contributed by atoms with Crippen LogP contribution in [0.4, 0.5) is 4.39 Å². The van der Waals surface area contributed by atoms with E-state index in [1.807, 2.05) is 0 Å². The molecule has 0 saturated carbocycles. The van der Waals surface area contributed by atoms with Gasteiger partial charge in [-0.3, -0.25) is 14.7 Å². The molecule has 0 aliphatic rings. The molecule has 1 unspecified atom stereocenters. The summed E-state index contributed by atoms with van der Waals surface area (Å²) in [4.78, 5) is 24.5. The molecule has 3 rings (SSSR count). The Labute approximate surface area is 199 Å². The molecule has 0 aliphatic carbocycles. The van der Waals surface area contributed by atoms with Crippen molar-refractivity contribution in [1.82, 2.24) is 20.7 Å². The quantitative estimate of drug-likeness (QED) is 0.277. The Kier molecular flexibility index (Phi) is 8.32. The summed E-state index contributed by atoms with van der Waals surface area (Å²) in [5, 5.41) is 41.6. The Morgan fingerprint density at radius 3 is 2.50 bits per heavy atom. The van der Waals surface area contributed by atoms with Crippen molar-refractivity contribution in [3.63, 3.8) is 0 Å². The molecule has 1 heterocycles. The highest BCUT2D eigenvalue weighted by Crippen LogP contribution is 2.30. The molecule has 0 aliphatic heterocycles. The van der Waals surface area contributed by atoms with Crippen LogP contribution in [0, 0.1) is 11.2 Å². The van der Waals surface area contributed by atoms with Crippen molar-refractivity contribution >= 4 is 23.5 Å². The van der Waals surface area contributed by atoms with Crippen LogP contribution in [0.5, 0.6) is 0 Å². The van der Waals surface area contributed by atoms with Gasteiger partial charge in [0.1, 0.15) is 11.5 Å². The minimum atomic E-state index is -1.65. The number of aliphatic hydroxyl groups excluding tert-OH is 2. The van der Waals surface area contributed by atoms with Gasteiger partial charge in [-0.25, -0.2) is 4.39 Å². The molecule has 2 atom stereocenters. The van der Waals surface area contributed by atoms with Crippen molar-refractivity contribution in [3.8, 4) is 11.1 Å². The molecule has 0 bridgehead atoms. The molecule has 34 heavy (non-hydrogen) atoms. The van der Waals surface area contributed by atoms with E-state index in [0.29, 0.717) is 16.1 Å². The van der Waals surface area contributed by atoms with Gasteiger partial charge in [0.2, 0.25) is 0 Å². The molecule has 11 heteroatoms. The first-order valence-electron chi connectivity index (χ1n) is 10.4. The lowest BCUT2D eigenvalue weighted by Crippen LogP contribution is -2.46. The summed E-state index contributed by atoms with van der Waals surface area (Å²) in [7, 11) is 0. The van der Waals surface area contributed by atoms with E-state index in [2.05, 4.69) is 20.7 Å². The van der Waals surface area contributed by atoms with E-state index in [9.17, 15) is 29.3 Å². The van der Waals surface area contributed by atoms with Gasteiger partial charge in [-0.2, -0.15) is 0 Å². The van der Waals surface area contributed by atoms with Crippen LogP contribution in [0.2, 0.25) is 5.02 Å². The number of benzene rings is 2. The predicted molar refractivity (Wildman–Crippen MR) is 122 cm³/mol. The number of nitrogens with one attached hydrogen (secondary N) is 2. The molecule has 2 aromatic carbocycles. The first-order chi connectivity index (χ1) is 16.3. The van der Waals surface area contributed by atoms with Crippen molar-refractivity contribution in [2.45, 2.75) is 25.3 Å². The normalized spacial score (nSPS) is 13.8. The predicted octanol–water partition coefficient (Wildman–Crippen LogP) is 2.44. The van der Waals surface area contributed by atoms with Gasteiger partial charge < -0.3 is 20.6 Å². The third-order valence-electron chi connectivity index (χ3n) is 5.65. The fourth-order valence-electron chi connectivity index (χ4n) is 3.76. The molecule has 0 radical (unpaired) electrons. The highest BCUT2D eigenvalue weighted by atomic mass is 35.5. The number of aliphatic hydroxyl groups is 2. The van der Waals surface area contributed by atoms with Crippen LogP contribution in [0.3, 0.4) is 0 Å². The lowest BCUT2D eigenvalue weighted by Gasteiger charge is -2.31. The molecule has 5 N–H and O–H groups in total. The zero-order valence-electron chi connectivity index (χ0n) is 18.0. The SMILES string of the molecule is O=C(NC(Cc1ccc(-c2cc(Cl)ccc2F)cc1)C[C@@](CO)(CCO)C(=O)O)c1cnn[nH]1. The number of hydrogen-bond donors (Lipinski definition) is 5. The maximum atomic E-state index is 14.2. The third kappa shape index (κ3) is 5.96. The molecule has 0 spiro atoms. The first-order valence-corrected chi connectivity index (χ1v) is 10.8. The number of aliphatic carboxylic acids is 1. The van der Waals surface area contributed by atoms with Crippen LogP contribution in [0.15, 0.2) is 48.7 Å². The summed E-state index contributed by atoms with van der Waals surface area (Å²) in [6.07, 6.45) is 1.11. The smallest absolute Gasteiger partial charge is 0.312 e. The monoisotopic (exact) mass is 490 g/mol. The number of carbonyl (C=O) groups is 2. The second kappa shape index (κ2) is 11.2. The number of halogens is 2. The highest BCUT2D eigenvalue weighted by molar-refractivity contribution is 6.30. The second-order valence-electron chi connectivity index (χ2n) is 7.99. The topological polar surface area (TPSA) is 148 Å². The number of carboxylic acid groups (broad SMARTS) is 1. The Balaban J connectivity index is 1.86. The fraction of sp³-hybridized carbons (Fsp3) is 0.304. The summed E-state index contributed by atoms with van der Waals surface area (Å²) in [6, 6.07) is 10.4. The Morgan fingerprint density at radius 2 is 1.91 bits per heavy atom. The lowest BCUT2D eigenvalue weighted by molar-refractivity contribution is -0.154. The summed E-state index contributed by atoms with van der Waals surface area (Å²) in [5.41, 5.74) is 0.111. The van der Waals surface area contributed by atoms with E-state index in [-0.39, 0.29) is 25.0 Å². The van der Waals surface area contributed by atoms with Crippen LogP contribution < -0.4 is 5.32 Å². The van der Waals surface area contributed by atoms with E-state index in [4.69, 9.17) is 11.6 Å². The van der Waals surface area contributed by atoms with Gasteiger partial charge in [0.25, 0.3) is 5.91 Å². The van der Waals surface area contributed by atoms with Gasteiger partial charge in [0.05, 0.1) is 18.2 Å². The van der Waals surface area contributed by atoms with Gasteiger partial charge in [-0.15, -0.1) is 5.10 Å². The maximum Gasteiger partial charge on any atom is 0.312 e. The van der Waals surface area contributed by atoms with E-state index in [1.54, 1.807) is 24.3 Å². The largest absolute Gasteiger partial charge is 0.481 e. The van der Waals surface area contributed by atoms with Gasteiger partial charge >= 0.3 is 5.97 Å². The molecule has 1 aromatic heterocycles. The van der Waals surface area contributed by atoms with Crippen molar-refractivity contribution in [2.75, 3.05) is 13.2 Å². The summed E-state index contributed by atoms with van der Waals surface area (Å²) in [6.45, 7) is -1.16. The summed E-state index contributed by atoms with van der Waals surface area (Å²) >= 11 is 5.98. The number of hydrogen-bond acceptors (Lipinski definition) is 6. The zero-order chi connectivity index (χ0) is 24.7. The van der Waals surface area contributed by atoms with Crippen LogP contribution in [-0.4, -0.2) is 61.9 Å². The maximum absolute atomic E-state index is 14.2. The van der Waals surface area contributed by atoms with E-state index in [1.165, 1.54) is 24.4 Å². The number of H-pyrrole nitrogens is 1. The number of carboxylic acids is 1. The third-order valence-corrected chi connectivity index (χ3v) is 5.89. The second-order valence-corrected chi connectivity index (χ2v) is 8.42. The van der Waals surface area contributed by atoms with Gasteiger partial charge in [-0.1, -0.05) is 41.1 Å². The summed E-state index contributed by atoms with van der Waals surface area (Å²) in [5.74, 6) is -2.25. The number of rotatable bonds is 11. The number of aromatic nitrogens is 3. The Hall–Kier alpha value is -3.34. The minimum Gasteiger partial charge on any atom is -0.481 e. The van der Waals surface area contributed by atoms with Crippen LogP contribution in [0.1, 0.15) is 28.9 Å². The zero-order valence-corrected chi connectivity index (χ0v) is 18.8. The molecular formula is C23H24ClFN4O5. The van der Waals surface area contributed by atoms with Crippen LogP contribution in [0.25, 0.3) is 11.1 Å². The van der Waals surface area contributed by atoms with Crippen molar-refractivity contribution in [2.24, 2.45) is 5.41 Å². The number of amides is 1. The standard InChI is InChI=1S/C23H24ClFN4O5/c24-16-5-6-19(25)18(10-16)15-3-1-14(2-4-15)9-17(27-21(32)20-12-26-29-28-20)11-23(13-31,7-8-30)22(33)34/h1-6,10,12,17,30-31H,7-9,11,13H2,(H,27,32)(H,33,34)(H,26,28,29)/t17?,23-/m1/s1. The van der Waals surface area contributed by atoms with Gasteiger partial charge in [-0.05, 0) is 48.6 Å². The average molecular weight is 491 g/mol. The molecule has 3 aromatic rings. The van der Waals surface area contributed by atoms with Crippen LogP contribution in [-0.2, 0) is 11.2 Å². The molecule has 9 nitrogen and oxygen atoms in total. The first kappa shape index (κ1) is 25.3. The van der Waals surface area contributed by atoms with Gasteiger partial charge in [0.15, 0.2) is 0 Å². The van der Waals surface area contributed by atoms with Gasteiger partial charge in [0, 0.05) is 23.2 Å². The van der Waals surface area contributed by atoms with Crippen molar-refractivity contribution in [1.29, 1.82) is 0 Å². The number of nitrogens with zero attached hydrogens (tertiary/aromatic N) is 2. The average Bonchev–Trinajstić information content (AvgIpc) is 3.36. The fourth-order valence-corrected chi connectivity index (χ4v) is 3.93. The Bertz CT molecular complexity index is 1130. The molecular weight excluding hydrogens is 467 g/mol. The number of carbonyl (C=O) groups excluding carboxylic acids is 1. The summed E-state index contributed by atoms with van der Waals surface area (Å²) < 4.78 is 14.2. The molecule has 0 fully saturated rings. The van der Waals surface area contributed by atoms with Crippen LogP contribution >= 0.6 is 11.6 Å². The van der Waals surface area contributed by atoms with Crippen molar-refractivity contribution < 1.29 is 29.3 Å². The minimum absolute atomic E-state index is 0.0869. The lowest BCUT2D eigenvalue weighted by atomic mass is 9.78. The van der Waals surface area contributed by atoms with E-state index >= 15 is 0 Å². The van der Waals surface area contributed by atoms with E-state index in [0.717, 1.165) is 5.56 Å². The van der Waals surface area contributed by atoms with E-state index < -0.39 is 42.4 Å². The highest BCUT2D eigenvalue weighted by Gasteiger charge is 2.40. The molecule has 180 valence electrons.